The molecule has 0 N–H and O–H groups in total. The van der Waals surface area contributed by atoms with Gasteiger partial charge in [-0.2, -0.15) is 0 Å². The molecular formula is C16H13N3O. The summed E-state index contributed by atoms with van der Waals surface area (Å²) in [5, 5.41) is 4.80. The number of fused-ring (bicyclic) bond motifs is 1. The van der Waals surface area contributed by atoms with Gasteiger partial charge in [0.25, 0.3) is 0 Å². The second kappa shape index (κ2) is 5.11. The van der Waals surface area contributed by atoms with Crippen molar-refractivity contribution in [3.05, 3.63) is 70.8 Å². The Hall–Kier alpha value is -2.71. The Balaban J connectivity index is 2.32. The first-order valence-corrected chi connectivity index (χ1v) is 6.42. The minimum atomic E-state index is -0.345. The van der Waals surface area contributed by atoms with E-state index < -0.39 is 0 Å². The van der Waals surface area contributed by atoms with E-state index in [4.69, 9.17) is 9.95 Å². The van der Waals surface area contributed by atoms with E-state index in [1.54, 1.807) is 0 Å². The topological polar surface area (TPSA) is 61.9 Å². The van der Waals surface area contributed by atoms with Crippen LogP contribution in [0.15, 0.2) is 64.1 Å². The number of para-hydroxylation sites is 1. The lowest BCUT2D eigenvalue weighted by molar-refractivity contribution is 0.514. The number of benzene rings is 2. The zero-order valence-electron chi connectivity index (χ0n) is 11.0. The molecule has 3 aromatic rings. The monoisotopic (exact) mass is 263 g/mol. The summed E-state index contributed by atoms with van der Waals surface area (Å²) in [4.78, 5) is 2.88. The molecule has 1 atom stereocenters. The van der Waals surface area contributed by atoms with Crippen molar-refractivity contribution in [1.82, 2.24) is 0 Å². The third-order valence-electron chi connectivity index (χ3n) is 3.29. The summed E-state index contributed by atoms with van der Waals surface area (Å²) in [7, 11) is 0. The van der Waals surface area contributed by atoms with Gasteiger partial charge in [-0.25, -0.2) is 0 Å². The molecule has 2 aromatic carbocycles. The van der Waals surface area contributed by atoms with Crippen molar-refractivity contribution in [2.24, 2.45) is 5.11 Å². The van der Waals surface area contributed by atoms with Gasteiger partial charge in [-0.05, 0) is 24.1 Å². The molecule has 0 saturated heterocycles. The van der Waals surface area contributed by atoms with E-state index in [0.717, 1.165) is 22.1 Å². The lowest BCUT2D eigenvalue weighted by atomic mass is 10.00. The quantitative estimate of drug-likeness (QED) is 0.351. The zero-order chi connectivity index (χ0) is 13.9. The van der Waals surface area contributed by atoms with E-state index in [1.165, 1.54) is 0 Å². The van der Waals surface area contributed by atoms with Crippen LogP contribution in [0.3, 0.4) is 0 Å². The number of furan rings is 1. The first kappa shape index (κ1) is 12.3. The highest BCUT2D eigenvalue weighted by Gasteiger charge is 2.19. The van der Waals surface area contributed by atoms with Crippen molar-refractivity contribution in [3.8, 4) is 11.1 Å². The Morgan fingerprint density at radius 2 is 1.75 bits per heavy atom. The van der Waals surface area contributed by atoms with Crippen LogP contribution in [-0.4, -0.2) is 0 Å². The van der Waals surface area contributed by atoms with Gasteiger partial charge >= 0.3 is 0 Å². The SMILES string of the molecule is CC(N=[N+]=[N-])c1oc2ccccc2c1-c1ccccc1. The molecule has 20 heavy (non-hydrogen) atoms. The van der Waals surface area contributed by atoms with E-state index in [2.05, 4.69) is 10.0 Å². The molecule has 0 amide bonds. The molecule has 1 heterocycles. The van der Waals surface area contributed by atoms with Crippen molar-refractivity contribution in [2.75, 3.05) is 0 Å². The Bertz CT molecular complexity index is 786. The number of hydrogen-bond acceptors (Lipinski definition) is 2. The van der Waals surface area contributed by atoms with Crippen molar-refractivity contribution in [2.45, 2.75) is 13.0 Å². The molecule has 0 aliphatic rings. The maximum absolute atomic E-state index is 8.65. The molecule has 0 aliphatic heterocycles. The fourth-order valence-electron chi connectivity index (χ4n) is 2.39. The highest BCUT2D eigenvalue weighted by molar-refractivity contribution is 5.95. The van der Waals surface area contributed by atoms with Gasteiger partial charge in [-0.3, -0.25) is 0 Å². The summed E-state index contributed by atoms with van der Waals surface area (Å²) in [6.45, 7) is 1.84. The van der Waals surface area contributed by atoms with Crippen LogP contribution < -0.4 is 0 Å². The normalized spacial score (nSPS) is 12.1. The van der Waals surface area contributed by atoms with Crippen molar-refractivity contribution >= 4 is 11.0 Å². The molecule has 3 rings (SSSR count). The maximum Gasteiger partial charge on any atom is 0.134 e. The Kier molecular flexibility index (Phi) is 3.15. The van der Waals surface area contributed by atoms with E-state index in [1.807, 2.05) is 61.5 Å². The smallest absolute Gasteiger partial charge is 0.134 e. The van der Waals surface area contributed by atoms with Crippen LogP contribution in [0.1, 0.15) is 18.7 Å². The lowest BCUT2D eigenvalue weighted by Gasteiger charge is -2.05. The van der Waals surface area contributed by atoms with Gasteiger partial charge in [-0.1, -0.05) is 53.6 Å². The average Bonchev–Trinajstić information content (AvgIpc) is 2.88. The molecule has 0 spiro atoms. The summed E-state index contributed by atoms with van der Waals surface area (Å²) in [5.74, 6) is 0.704. The van der Waals surface area contributed by atoms with Crippen molar-refractivity contribution < 1.29 is 4.42 Å². The fourth-order valence-corrected chi connectivity index (χ4v) is 2.39. The van der Waals surface area contributed by atoms with Gasteiger partial charge in [0.1, 0.15) is 11.3 Å². The second-order valence-electron chi connectivity index (χ2n) is 4.58. The minimum Gasteiger partial charge on any atom is -0.460 e. The number of rotatable bonds is 3. The van der Waals surface area contributed by atoms with Gasteiger partial charge in [0.2, 0.25) is 0 Å². The van der Waals surface area contributed by atoms with Crippen molar-refractivity contribution in [3.63, 3.8) is 0 Å². The summed E-state index contributed by atoms with van der Waals surface area (Å²) >= 11 is 0. The molecule has 4 heteroatoms. The highest BCUT2D eigenvalue weighted by Crippen LogP contribution is 2.38. The summed E-state index contributed by atoms with van der Waals surface area (Å²) < 4.78 is 5.90. The first-order chi connectivity index (χ1) is 9.81. The minimum absolute atomic E-state index is 0.345. The fraction of sp³-hybridized carbons (Fsp3) is 0.125. The predicted molar refractivity (Wildman–Crippen MR) is 79.2 cm³/mol. The van der Waals surface area contributed by atoms with Gasteiger partial charge in [0.15, 0.2) is 0 Å². The second-order valence-corrected chi connectivity index (χ2v) is 4.58. The van der Waals surface area contributed by atoms with Crippen LogP contribution in [-0.2, 0) is 0 Å². The van der Waals surface area contributed by atoms with E-state index in [9.17, 15) is 0 Å². The van der Waals surface area contributed by atoms with Gasteiger partial charge in [-0.15, -0.1) is 0 Å². The van der Waals surface area contributed by atoms with Gasteiger partial charge in [0, 0.05) is 15.9 Å². The van der Waals surface area contributed by atoms with Crippen LogP contribution in [0.5, 0.6) is 0 Å². The Morgan fingerprint density at radius 3 is 2.50 bits per heavy atom. The highest BCUT2D eigenvalue weighted by atomic mass is 16.3. The van der Waals surface area contributed by atoms with Crippen molar-refractivity contribution in [1.29, 1.82) is 0 Å². The number of nitrogens with zero attached hydrogens (tertiary/aromatic N) is 3. The standard InChI is InChI=1S/C16H13N3O/c1-11(18-19-17)16-15(12-7-3-2-4-8-12)13-9-5-6-10-14(13)20-16/h2-11H,1H3. The molecule has 1 unspecified atom stereocenters. The van der Waals surface area contributed by atoms with E-state index in [-0.39, 0.29) is 6.04 Å². The Morgan fingerprint density at radius 1 is 1.05 bits per heavy atom. The average molecular weight is 263 g/mol. The number of azide groups is 1. The van der Waals surface area contributed by atoms with E-state index in [0.29, 0.717) is 5.76 Å². The van der Waals surface area contributed by atoms with Crippen LogP contribution in [0.4, 0.5) is 0 Å². The molecule has 0 aliphatic carbocycles. The molecule has 0 fully saturated rings. The summed E-state index contributed by atoms with van der Waals surface area (Å²) in [6.07, 6.45) is 0. The number of hydrogen-bond donors (Lipinski definition) is 0. The van der Waals surface area contributed by atoms with Crippen LogP contribution in [0.25, 0.3) is 32.5 Å². The molecule has 4 nitrogen and oxygen atoms in total. The molecule has 0 bridgehead atoms. The maximum atomic E-state index is 8.65. The van der Waals surface area contributed by atoms with Gasteiger partial charge < -0.3 is 4.42 Å². The summed E-state index contributed by atoms with van der Waals surface area (Å²) in [6, 6.07) is 17.5. The molecule has 1 aromatic heterocycles. The zero-order valence-corrected chi connectivity index (χ0v) is 11.0. The van der Waals surface area contributed by atoms with Crippen LogP contribution in [0, 0.1) is 0 Å². The third kappa shape index (κ3) is 2.02. The molecule has 0 radical (unpaired) electrons. The third-order valence-corrected chi connectivity index (χ3v) is 3.29. The van der Waals surface area contributed by atoms with Crippen LogP contribution in [0.2, 0.25) is 0 Å². The Labute approximate surface area is 116 Å². The largest absolute Gasteiger partial charge is 0.460 e. The molecular weight excluding hydrogens is 250 g/mol. The molecule has 98 valence electrons. The van der Waals surface area contributed by atoms with Gasteiger partial charge in [0.05, 0.1) is 6.04 Å². The van der Waals surface area contributed by atoms with Crippen LogP contribution >= 0.6 is 0 Å². The predicted octanol–water partition coefficient (Wildman–Crippen LogP) is 5.47. The lowest BCUT2D eigenvalue weighted by Crippen LogP contribution is -1.89. The molecule has 0 saturated carbocycles. The summed E-state index contributed by atoms with van der Waals surface area (Å²) in [5.41, 5.74) is 11.5. The first-order valence-electron chi connectivity index (χ1n) is 6.42. The van der Waals surface area contributed by atoms with E-state index >= 15 is 0 Å².